The lowest BCUT2D eigenvalue weighted by Gasteiger charge is -2.14. The van der Waals surface area contributed by atoms with Gasteiger partial charge in [-0.3, -0.25) is 0 Å². The van der Waals surface area contributed by atoms with Crippen LogP contribution < -0.4 is 5.32 Å². The first-order chi connectivity index (χ1) is 6.91. The number of hydrogen-bond donors (Lipinski definition) is 1. The Morgan fingerprint density at radius 1 is 1.13 bits per heavy atom. The number of rotatable bonds is 3. The Hall–Kier alpha value is -0.830. The molecule has 0 aliphatic rings. The van der Waals surface area contributed by atoms with Crippen LogP contribution in [0.5, 0.6) is 0 Å². The van der Waals surface area contributed by atoms with Gasteiger partial charge in [0.2, 0.25) is 0 Å². The van der Waals surface area contributed by atoms with Gasteiger partial charge in [0.15, 0.2) is 0 Å². The molecular formula is C11H18ClN3. The molecule has 3 nitrogen and oxygen atoms in total. The second-order valence-electron chi connectivity index (χ2n) is 4.30. The van der Waals surface area contributed by atoms with Crippen LogP contribution in [0.3, 0.4) is 0 Å². The molecule has 84 valence electrons. The van der Waals surface area contributed by atoms with Crippen LogP contribution >= 0.6 is 11.6 Å². The Labute approximate surface area is 96.3 Å². The van der Waals surface area contributed by atoms with Gasteiger partial charge in [0, 0.05) is 17.5 Å². The maximum absolute atomic E-state index is 6.06. The average molecular weight is 228 g/mol. The van der Waals surface area contributed by atoms with Crippen molar-refractivity contribution in [3.8, 4) is 0 Å². The molecular weight excluding hydrogens is 210 g/mol. The molecule has 0 fully saturated rings. The molecule has 1 aromatic heterocycles. The van der Waals surface area contributed by atoms with Gasteiger partial charge in [-0.2, -0.15) is 0 Å². The lowest BCUT2D eigenvalue weighted by molar-refractivity contribution is 0.766. The first-order valence-corrected chi connectivity index (χ1v) is 5.60. The minimum Gasteiger partial charge on any atom is -0.368 e. The summed E-state index contributed by atoms with van der Waals surface area (Å²) in [5.74, 6) is 1.92. The Bertz CT molecular complexity index is 348. The molecule has 1 rings (SSSR count). The summed E-state index contributed by atoms with van der Waals surface area (Å²) in [6.07, 6.45) is 0. The summed E-state index contributed by atoms with van der Waals surface area (Å²) < 4.78 is 0. The zero-order valence-corrected chi connectivity index (χ0v) is 10.7. The van der Waals surface area contributed by atoms with Crippen LogP contribution in [0.25, 0.3) is 0 Å². The van der Waals surface area contributed by atoms with E-state index in [-0.39, 0.29) is 5.92 Å². The summed E-state index contributed by atoms with van der Waals surface area (Å²) in [7, 11) is 0. The van der Waals surface area contributed by atoms with Crippen LogP contribution in [-0.4, -0.2) is 16.0 Å². The lowest BCUT2D eigenvalue weighted by atomic mass is 10.2. The molecule has 15 heavy (non-hydrogen) atoms. The summed E-state index contributed by atoms with van der Waals surface area (Å²) in [5.41, 5.74) is 0.912. The number of nitrogens with zero attached hydrogens (tertiary/aromatic N) is 2. The first kappa shape index (κ1) is 12.2. The molecule has 0 aromatic carbocycles. The molecule has 0 aliphatic heterocycles. The molecule has 0 saturated carbocycles. The third-order valence-electron chi connectivity index (χ3n) is 2.05. The second kappa shape index (κ2) is 4.79. The molecule has 0 spiro atoms. The third kappa shape index (κ3) is 3.06. The van der Waals surface area contributed by atoms with E-state index in [2.05, 4.69) is 43.0 Å². The second-order valence-corrected chi connectivity index (χ2v) is 4.66. The first-order valence-electron chi connectivity index (χ1n) is 5.22. The highest BCUT2D eigenvalue weighted by molar-refractivity contribution is 6.30. The van der Waals surface area contributed by atoms with Crippen LogP contribution in [0.15, 0.2) is 0 Å². The van der Waals surface area contributed by atoms with Gasteiger partial charge in [0.25, 0.3) is 0 Å². The van der Waals surface area contributed by atoms with E-state index in [0.29, 0.717) is 11.2 Å². The van der Waals surface area contributed by atoms with Crippen molar-refractivity contribution in [2.24, 2.45) is 0 Å². The van der Waals surface area contributed by atoms with Crippen molar-refractivity contribution in [3.05, 3.63) is 16.5 Å². The number of halogens is 1. The number of nitrogens with one attached hydrogen (secondary N) is 1. The predicted molar refractivity (Wildman–Crippen MR) is 64.6 cm³/mol. The molecule has 0 radical (unpaired) electrons. The van der Waals surface area contributed by atoms with Crippen molar-refractivity contribution in [2.45, 2.75) is 46.6 Å². The van der Waals surface area contributed by atoms with Crippen molar-refractivity contribution < 1.29 is 0 Å². The lowest BCUT2D eigenvalue weighted by Crippen LogP contribution is -2.14. The average Bonchev–Trinajstić information content (AvgIpc) is 2.11. The van der Waals surface area contributed by atoms with E-state index in [0.717, 1.165) is 17.2 Å². The molecule has 0 saturated heterocycles. The Balaban J connectivity index is 3.13. The summed E-state index contributed by atoms with van der Waals surface area (Å²) in [4.78, 5) is 8.72. The predicted octanol–water partition coefficient (Wildman–Crippen LogP) is 3.38. The smallest absolute Gasteiger partial charge is 0.137 e. The van der Waals surface area contributed by atoms with E-state index in [9.17, 15) is 0 Å². The normalized spacial score (nSPS) is 11.2. The fourth-order valence-corrected chi connectivity index (χ4v) is 1.35. The molecule has 1 aromatic rings. The van der Waals surface area contributed by atoms with Gasteiger partial charge < -0.3 is 5.32 Å². The molecule has 1 heterocycles. The van der Waals surface area contributed by atoms with E-state index in [4.69, 9.17) is 11.6 Å². The minimum atomic E-state index is 0.288. The van der Waals surface area contributed by atoms with Crippen molar-refractivity contribution in [3.63, 3.8) is 0 Å². The SMILES string of the molecule is Cc1c(Cl)nc(C(C)C)nc1NC(C)C. The summed E-state index contributed by atoms with van der Waals surface area (Å²) in [5, 5.41) is 3.81. The van der Waals surface area contributed by atoms with Crippen molar-refractivity contribution in [1.82, 2.24) is 9.97 Å². The van der Waals surface area contributed by atoms with E-state index in [1.54, 1.807) is 0 Å². The highest BCUT2D eigenvalue weighted by Crippen LogP contribution is 2.23. The van der Waals surface area contributed by atoms with Crippen molar-refractivity contribution >= 4 is 17.4 Å². The fourth-order valence-electron chi connectivity index (χ4n) is 1.18. The molecule has 0 aliphatic carbocycles. The monoisotopic (exact) mass is 227 g/mol. The van der Waals surface area contributed by atoms with Gasteiger partial charge >= 0.3 is 0 Å². The zero-order chi connectivity index (χ0) is 11.6. The van der Waals surface area contributed by atoms with Crippen molar-refractivity contribution in [1.29, 1.82) is 0 Å². The highest BCUT2D eigenvalue weighted by atomic mass is 35.5. The largest absolute Gasteiger partial charge is 0.368 e. The van der Waals surface area contributed by atoms with Gasteiger partial charge in [-0.25, -0.2) is 9.97 Å². The quantitative estimate of drug-likeness (QED) is 0.805. The molecule has 0 unspecified atom stereocenters. The van der Waals surface area contributed by atoms with Gasteiger partial charge in [0.05, 0.1) is 0 Å². The van der Waals surface area contributed by atoms with Crippen molar-refractivity contribution in [2.75, 3.05) is 5.32 Å². The van der Waals surface area contributed by atoms with E-state index >= 15 is 0 Å². The molecule has 0 amide bonds. The standard InChI is InChI=1S/C11H18ClN3/c1-6(2)10-14-9(12)8(5)11(15-10)13-7(3)4/h6-7H,1-5H3,(H,13,14,15). The fraction of sp³-hybridized carbons (Fsp3) is 0.636. The summed E-state index contributed by atoms with van der Waals surface area (Å²) >= 11 is 6.06. The van der Waals surface area contributed by atoms with Gasteiger partial charge in [-0.15, -0.1) is 0 Å². The van der Waals surface area contributed by atoms with Crippen LogP contribution in [-0.2, 0) is 0 Å². The molecule has 4 heteroatoms. The maximum Gasteiger partial charge on any atom is 0.137 e. The zero-order valence-electron chi connectivity index (χ0n) is 9.93. The topological polar surface area (TPSA) is 37.8 Å². The van der Waals surface area contributed by atoms with E-state index < -0.39 is 0 Å². The summed E-state index contributed by atoms with van der Waals surface area (Å²) in [6, 6.07) is 0.342. The summed E-state index contributed by atoms with van der Waals surface area (Å²) in [6.45, 7) is 10.2. The molecule has 1 N–H and O–H groups in total. The van der Waals surface area contributed by atoms with Crippen LogP contribution in [0, 0.1) is 6.92 Å². The highest BCUT2D eigenvalue weighted by Gasteiger charge is 2.11. The van der Waals surface area contributed by atoms with Gasteiger partial charge in [-0.1, -0.05) is 25.4 Å². The molecule has 0 atom stereocenters. The van der Waals surface area contributed by atoms with Crippen LogP contribution in [0.1, 0.15) is 45.0 Å². The molecule has 0 bridgehead atoms. The number of hydrogen-bond acceptors (Lipinski definition) is 3. The number of anilines is 1. The van der Waals surface area contributed by atoms with E-state index in [1.165, 1.54) is 0 Å². The number of aromatic nitrogens is 2. The van der Waals surface area contributed by atoms with Gasteiger partial charge in [0.1, 0.15) is 16.8 Å². The Kier molecular flexibility index (Phi) is 3.91. The Morgan fingerprint density at radius 2 is 1.73 bits per heavy atom. The third-order valence-corrected chi connectivity index (χ3v) is 2.41. The van der Waals surface area contributed by atoms with Gasteiger partial charge in [-0.05, 0) is 20.8 Å². The minimum absolute atomic E-state index is 0.288. The maximum atomic E-state index is 6.06. The Morgan fingerprint density at radius 3 is 2.20 bits per heavy atom. The van der Waals surface area contributed by atoms with Crippen LogP contribution in [0.4, 0.5) is 5.82 Å². The van der Waals surface area contributed by atoms with Crippen LogP contribution in [0.2, 0.25) is 5.15 Å². The van der Waals surface area contributed by atoms with E-state index in [1.807, 2.05) is 6.92 Å².